The number of hydrogen-bond acceptors (Lipinski definition) is 5. The number of aryl methyl sites for hydroxylation is 2. The predicted molar refractivity (Wildman–Crippen MR) is 102 cm³/mol. The van der Waals surface area contributed by atoms with E-state index in [0.717, 1.165) is 21.6 Å². The molecule has 26 heavy (non-hydrogen) atoms. The number of carbonyl (C=O) groups excluding carboxylic acids is 1. The van der Waals surface area contributed by atoms with E-state index in [2.05, 4.69) is 15.1 Å². The van der Waals surface area contributed by atoms with Crippen molar-refractivity contribution in [1.29, 1.82) is 0 Å². The van der Waals surface area contributed by atoms with Gasteiger partial charge in [-0.1, -0.05) is 29.5 Å². The van der Waals surface area contributed by atoms with Crippen LogP contribution in [0.4, 0.5) is 5.13 Å². The number of amides is 1. The molecule has 0 saturated heterocycles. The minimum atomic E-state index is -0.182. The molecule has 0 aliphatic heterocycles. The normalized spacial score (nSPS) is 11.0. The highest BCUT2D eigenvalue weighted by molar-refractivity contribution is 7.22. The maximum absolute atomic E-state index is 13.2. The molecule has 0 unspecified atom stereocenters. The van der Waals surface area contributed by atoms with Gasteiger partial charge in [-0.2, -0.15) is 5.10 Å². The van der Waals surface area contributed by atoms with Crippen LogP contribution in [0.15, 0.2) is 54.7 Å². The molecule has 4 rings (SSSR count). The second-order valence-corrected chi connectivity index (χ2v) is 6.98. The van der Waals surface area contributed by atoms with E-state index in [0.29, 0.717) is 17.4 Å². The second-order valence-electron chi connectivity index (χ2n) is 5.97. The van der Waals surface area contributed by atoms with Gasteiger partial charge in [0.2, 0.25) is 0 Å². The molecule has 0 bridgehead atoms. The lowest BCUT2D eigenvalue weighted by atomic mass is 10.3. The molecule has 3 heterocycles. The molecule has 0 saturated carbocycles. The van der Waals surface area contributed by atoms with Gasteiger partial charge in [-0.05, 0) is 37.3 Å². The topological polar surface area (TPSA) is 63.9 Å². The Balaban J connectivity index is 1.76. The largest absolute Gasteiger partial charge is 0.280 e. The van der Waals surface area contributed by atoms with Gasteiger partial charge in [-0.3, -0.25) is 19.4 Å². The monoisotopic (exact) mass is 363 g/mol. The number of fused-ring (bicyclic) bond motifs is 1. The maximum Gasteiger partial charge on any atom is 0.280 e. The zero-order valence-corrected chi connectivity index (χ0v) is 15.3. The summed E-state index contributed by atoms with van der Waals surface area (Å²) in [6.45, 7) is 2.26. The van der Waals surface area contributed by atoms with Crippen LogP contribution in [0, 0.1) is 6.92 Å². The summed E-state index contributed by atoms with van der Waals surface area (Å²) in [7, 11) is 1.83. The van der Waals surface area contributed by atoms with Gasteiger partial charge in [0.05, 0.1) is 22.5 Å². The van der Waals surface area contributed by atoms with E-state index in [-0.39, 0.29) is 5.91 Å². The molecule has 1 aromatic carbocycles. The number of rotatable bonds is 4. The highest BCUT2D eigenvalue weighted by Gasteiger charge is 2.24. The number of benzene rings is 1. The Morgan fingerprint density at radius 1 is 1.19 bits per heavy atom. The van der Waals surface area contributed by atoms with Gasteiger partial charge in [0, 0.05) is 18.9 Å². The second kappa shape index (κ2) is 6.68. The van der Waals surface area contributed by atoms with Crippen LogP contribution in [0.5, 0.6) is 0 Å². The van der Waals surface area contributed by atoms with Crippen molar-refractivity contribution >= 4 is 32.6 Å². The van der Waals surface area contributed by atoms with E-state index < -0.39 is 0 Å². The molecular weight excluding hydrogens is 346 g/mol. The quantitative estimate of drug-likeness (QED) is 0.556. The van der Waals surface area contributed by atoms with Gasteiger partial charge in [0.1, 0.15) is 0 Å². The first-order valence-corrected chi connectivity index (χ1v) is 9.01. The molecule has 130 valence electrons. The third kappa shape index (κ3) is 3.09. The molecule has 0 spiro atoms. The number of nitrogens with zero attached hydrogens (tertiary/aromatic N) is 5. The van der Waals surface area contributed by atoms with E-state index in [1.807, 2.05) is 56.4 Å². The van der Waals surface area contributed by atoms with Crippen LogP contribution in [-0.4, -0.2) is 25.7 Å². The predicted octanol–water partition coefficient (Wildman–Crippen LogP) is 3.58. The molecule has 7 heteroatoms. The Labute approximate surface area is 154 Å². The molecule has 0 N–H and O–H groups in total. The highest BCUT2D eigenvalue weighted by atomic mass is 32.1. The van der Waals surface area contributed by atoms with Crippen LogP contribution in [0.3, 0.4) is 0 Å². The van der Waals surface area contributed by atoms with Gasteiger partial charge >= 0.3 is 0 Å². The first-order chi connectivity index (χ1) is 12.6. The van der Waals surface area contributed by atoms with E-state index in [1.54, 1.807) is 21.8 Å². The smallest absolute Gasteiger partial charge is 0.276 e. The molecule has 4 aromatic rings. The van der Waals surface area contributed by atoms with Crippen LogP contribution in [0.25, 0.3) is 10.2 Å². The molecule has 0 atom stereocenters. The minimum absolute atomic E-state index is 0.182. The fourth-order valence-corrected chi connectivity index (χ4v) is 3.62. The van der Waals surface area contributed by atoms with Crippen molar-refractivity contribution in [2.24, 2.45) is 7.05 Å². The number of anilines is 1. The lowest BCUT2D eigenvalue weighted by molar-refractivity contribution is 0.0979. The Hall–Kier alpha value is -3.06. The number of aromatic nitrogens is 4. The molecule has 0 fully saturated rings. The first kappa shape index (κ1) is 16.4. The summed E-state index contributed by atoms with van der Waals surface area (Å²) in [5.74, 6) is -0.182. The summed E-state index contributed by atoms with van der Waals surface area (Å²) < 4.78 is 2.74. The third-order valence-corrected chi connectivity index (χ3v) is 5.20. The van der Waals surface area contributed by atoms with Crippen molar-refractivity contribution in [1.82, 2.24) is 19.7 Å². The lowest BCUT2D eigenvalue weighted by Gasteiger charge is -2.18. The zero-order valence-electron chi connectivity index (χ0n) is 14.5. The maximum atomic E-state index is 13.2. The number of pyridine rings is 1. The number of hydrogen-bond donors (Lipinski definition) is 0. The summed E-state index contributed by atoms with van der Waals surface area (Å²) in [5.41, 5.74) is 3.01. The van der Waals surface area contributed by atoms with Gasteiger partial charge in [-0.15, -0.1) is 0 Å². The fraction of sp³-hybridized carbons (Fsp3) is 0.158. The molecule has 3 aromatic heterocycles. The minimum Gasteiger partial charge on any atom is -0.276 e. The average molecular weight is 363 g/mol. The van der Waals surface area contributed by atoms with E-state index >= 15 is 0 Å². The van der Waals surface area contributed by atoms with Crippen molar-refractivity contribution in [3.63, 3.8) is 0 Å². The van der Waals surface area contributed by atoms with E-state index in [4.69, 9.17) is 0 Å². The molecule has 0 aliphatic rings. The van der Waals surface area contributed by atoms with Gasteiger partial charge < -0.3 is 0 Å². The van der Waals surface area contributed by atoms with Crippen molar-refractivity contribution in [2.75, 3.05) is 4.90 Å². The Bertz CT molecular complexity index is 1020. The molecule has 0 aliphatic carbocycles. The summed E-state index contributed by atoms with van der Waals surface area (Å²) in [5, 5.41) is 4.98. The van der Waals surface area contributed by atoms with Crippen molar-refractivity contribution in [3.8, 4) is 0 Å². The Kier molecular flexibility index (Phi) is 4.22. The van der Waals surface area contributed by atoms with Crippen LogP contribution < -0.4 is 4.90 Å². The summed E-state index contributed by atoms with van der Waals surface area (Å²) in [6.07, 6.45) is 1.72. The lowest BCUT2D eigenvalue weighted by Crippen LogP contribution is -2.31. The van der Waals surface area contributed by atoms with Crippen molar-refractivity contribution in [2.45, 2.75) is 13.5 Å². The number of thiazole rings is 1. The van der Waals surface area contributed by atoms with Crippen LogP contribution in [-0.2, 0) is 13.6 Å². The molecule has 1 amide bonds. The summed E-state index contributed by atoms with van der Waals surface area (Å²) >= 11 is 1.49. The Morgan fingerprint density at radius 2 is 2.00 bits per heavy atom. The fourth-order valence-electron chi connectivity index (χ4n) is 2.66. The number of para-hydroxylation sites is 1. The summed E-state index contributed by atoms with van der Waals surface area (Å²) in [6, 6.07) is 15.3. The third-order valence-electron chi connectivity index (χ3n) is 4.14. The van der Waals surface area contributed by atoms with Gasteiger partial charge in [0.15, 0.2) is 10.8 Å². The zero-order chi connectivity index (χ0) is 18.1. The van der Waals surface area contributed by atoms with Crippen molar-refractivity contribution < 1.29 is 4.79 Å². The summed E-state index contributed by atoms with van der Waals surface area (Å²) in [4.78, 5) is 23.8. The highest BCUT2D eigenvalue weighted by Crippen LogP contribution is 2.30. The van der Waals surface area contributed by atoms with Crippen LogP contribution in [0.1, 0.15) is 21.9 Å². The standard InChI is InChI=1S/C19H17N5OS/c1-13-11-16(22-23(13)2)18(25)24(12-14-7-5-6-10-20-14)19-21-15-8-3-4-9-17(15)26-19/h3-11H,12H2,1-2H3. The molecule has 6 nitrogen and oxygen atoms in total. The number of carbonyl (C=O) groups is 1. The first-order valence-electron chi connectivity index (χ1n) is 8.20. The van der Waals surface area contributed by atoms with Crippen LogP contribution >= 0.6 is 11.3 Å². The SMILES string of the molecule is Cc1cc(C(=O)N(Cc2ccccn2)c2nc3ccccc3s2)nn1C. The molecular formula is C19H17N5OS. The van der Waals surface area contributed by atoms with E-state index in [9.17, 15) is 4.79 Å². The van der Waals surface area contributed by atoms with Crippen LogP contribution in [0.2, 0.25) is 0 Å². The van der Waals surface area contributed by atoms with Gasteiger partial charge in [-0.25, -0.2) is 4.98 Å². The van der Waals surface area contributed by atoms with Gasteiger partial charge in [0.25, 0.3) is 5.91 Å². The Morgan fingerprint density at radius 3 is 2.69 bits per heavy atom. The van der Waals surface area contributed by atoms with E-state index in [1.165, 1.54) is 11.3 Å². The van der Waals surface area contributed by atoms with Crippen molar-refractivity contribution in [3.05, 3.63) is 71.8 Å². The molecule has 0 radical (unpaired) electrons. The average Bonchev–Trinajstić information content (AvgIpc) is 3.23.